The first-order valence-electron chi connectivity index (χ1n) is 6.45. The number of benzene rings is 2. The zero-order valence-corrected chi connectivity index (χ0v) is 12.0. The molecule has 0 aromatic heterocycles. The van der Waals surface area contributed by atoms with Crippen molar-refractivity contribution in [3.8, 4) is 0 Å². The van der Waals surface area contributed by atoms with Gasteiger partial charge in [-0.15, -0.1) is 0 Å². The van der Waals surface area contributed by atoms with Gasteiger partial charge < -0.3 is 4.90 Å². The summed E-state index contributed by atoms with van der Waals surface area (Å²) < 4.78 is 0. The second-order valence-electron chi connectivity index (χ2n) is 4.98. The van der Waals surface area contributed by atoms with Crippen LogP contribution in [0.3, 0.4) is 0 Å². The molecule has 0 heterocycles. The molecule has 2 rings (SSSR count). The Kier molecular flexibility index (Phi) is 4.00. The average molecular weight is 252 g/mol. The number of aliphatic imine (C=N–C) groups is 1. The maximum Gasteiger partial charge on any atom is 0.0679 e. The summed E-state index contributed by atoms with van der Waals surface area (Å²) in [6, 6.07) is 14.6. The van der Waals surface area contributed by atoms with Crippen LogP contribution in [-0.4, -0.2) is 20.3 Å². The van der Waals surface area contributed by atoms with E-state index in [1.165, 1.54) is 16.8 Å². The normalized spacial score (nSPS) is 10.9. The van der Waals surface area contributed by atoms with E-state index in [0.717, 1.165) is 11.3 Å². The van der Waals surface area contributed by atoms with Gasteiger partial charge in [0.05, 0.1) is 5.69 Å². The van der Waals surface area contributed by atoms with Crippen molar-refractivity contribution in [2.45, 2.75) is 13.8 Å². The quantitative estimate of drug-likeness (QED) is 0.750. The molecule has 0 atom stereocenters. The highest BCUT2D eigenvalue weighted by molar-refractivity contribution is 5.84. The third-order valence-electron chi connectivity index (χ3n) is 3.24. The van der Waals surface area contributed by atoms with Crippen molar-refractivity contribution in [3.05, 3.63) is 59.2 Å². The van der Waals surface area contributed by atoms with Gasteiger partial charge in [-0.2, -0.15) is 0 Å². The molecule has 2 nitrogen and oxygen atoms in total. The Labute approximate surface area is 115 Å². The van der Waals surface area contributed by atoms with Crippen LogP contribution in [0.2, 0.25) is 0 Å². The molecule has 2 heteroatoms. The molecular formula is C17H20N2. The molecule has 0 amide bonds. The molecule has 0 aliphatic rings. The molecule has 0 aliphatic heterocycles. The van der Waals surface area contributed by atoms with E-state index >= 15 is 0 Å². The third-order valence-corrected chi connectivity index (χ3v) is 3.24. The summed E-state index contributed by atoms with van der Waals surface area (Å²) in [6.45, 7) is 4.19. The van der Waals surface area contributed by atoms with Crippen molar-refractivity contribution < 1.29 is 0 Å². The van der Waals surface area contributed by atoms with E-state index < -0.39 is 0 Å². The van der Waals surface area contributed by atoms with Gasteiger partial charge in [0.15, 0.2) is 0 Å². The fourth-order valence-electron chi connectivity index (χ4n) is 1.89. The second-order valence-corrected chi connectivity index (χ2v) is 4.98. The molecule has 0 saturated heterocycles. The van der Waals surface area contributed by atoms with Crippen LogP contribution in [0.15, 0.2) is 47.5 Å². The molecule has 0 N–H and O–H groups in total. The standard InChI is InChI=1S/C17H20N2/c1-13-7-5-6-8-15(13)12-18-17-11-16(19(3)4)10-9-14(17)2/h5-12H,1-4H3. The predicted octanol–water partition coefficient (Wildman–Crippen LogP) is 4.12. The SMILES string of the molecule is Cc1ccccc1C=Nc1cc(N(C)C)ccc1C. The zero-order chi connectivity index (χ0) is 13.8. The maximum absolute atomic E-state index is 4.63. The summed E-state index contributed by atoms with van der Waals surface area (Å²) in [5.41, 5.74) is 5.79. The largest absolute Gasteiger partial charge is 0.378 e. The van der Waals surface area contributed by atoms with Gasteiger partial charge >= 0.3 is 0 Å². The Morgan fingerprint density at radius 1 is 0.947 bits per heavy atom. The van der Waals surface area contributed by atoms with Gasteiger partial charge in [-0.3, -0.25) is 4.99 Å². The maximum atomic E-state index is 4.63. The number of rotatable bonds is 3. The van der Waals surface area contributed by atoms with E-state index in [0.29, 0.717) is 0 Å². The monoisotopic (exact) mass is 252 g/mol. The van der Waals surface area contributed by atoms with Crippen LogP contribution in [0, 0.1) is 13.8 Å². The number of hydrogen-bond donors (Lipinski definition) is 0. The number of hydrogen-bond acceptors (Lipinski definition) is 2. The van der Waals surface area contributed by atoms with Crippen LogP contribution in [-0.2, 0) is 0 Å². The molecule has 19 heavy (non-hydrogen) atoms. The van der Waals surface area contributed by atoms with Gasteiger partial charge in [0.25, 0.3) is 0 Å². The lowest BCUT2D eigenvalue weighted by atomic mass is 10.1. The lowest BCUT2D eigenvalue weighted by Crippen LogP contribution is -2.08. The molecule has 0 radical (unpaired) electrons. The molecule has 0 bridgehead atoms. The van der Waals surface area contributed by atoms with Crippen molar-refractivity contribution in [1.82, 2.24) is 0 Å². The molecule has 0 fully saturated rings. The Balaban J connectivity index is 2.33. The fourth-order valence-corrected chi connectivity index (χ4v) is 1.89. The molecule has 0 aliphatic carbocycles. The lowest BCUT2D eigenvalue weighted by Gasteiger charge is -2.13. The Morgan fingerprint density at radius 3 is 2.37 bits per heavy atom. The van der Waals surface area contributed by atoms with Crippen molar-refractivity contribution >= 4 is 17.6 Å². The van der Waals surface area contributed by atoms with Gasteiger partial charge in [-0.1, -0.05) is 30.3 Å². The molecule has 0 unspecified atom stereocenters. The van der Waals surface area contributed by atoms with Gasteiger partial charge in [0.2, 0.25) is 0 Å². The highest BCUT2D eigenvalue weighted by Gasteiger charge is 2.00. The average Bonchev–Trinajstić information content (AvgIpc) is 2.39. The Bertz CT molecular complexity index is 598. The molecule has 0 spiro atoms. The van der Waals surface area contributed by atoms with Crippen LogP contribution in [0.1, 0.15) is 16.7 Å². The van der Waals surface area contributed by atoms with Crippen LogP contribution >= 0.6 is 0 Å². The van der Waals surface area contributed by atoms with Gasteiger partial charge in [0.1, 0.15) is 0 Å². The number of aryl methyl sites for hydroxylation is 2. The minimum absolute atomic E-state index is 1.02. The Hall–Kier alpha value is -2.09. The van der Waals surface area contributed by atoms with Gasteiger partial charge in [0, 0.05) is 26.0 Å². The lowest BCUT2D eigenvalue weighted by molar-refractivity contribution is 1.13. The fraction of sp³-hybridized carbons (Fsp3) is 0.235. The van der Waals surface area contributed by atoms with Crippen molar-refractivity contribution in [2.24, 2.45) is 4.99 Å². The number of anilines is 1. The molecule has 98 valence electrons. The second kappa shape index (κ2) is 5.70. The minimum Gasteiger partial charge on any atom is -0.378 e. The first-order valence-corrected chi connectivity index (χ1v) is 6.45. The van der Waals surface area contributed by atoms with Crippen LogP contribution in [0.25, 0.3) is 0 Å². The van der Waals surface area contributed by atoms with Crippen LogP contribution < -0.4 is 4.90 Å². The smallest absolute Gasteiger partial charge is 0.0679 e. The predicted molar refractivity (Wildman–Crippen MR) is 83.9 cm³/mol. The van der Waals surface area contributed by atoms with E-state index in [4.69, 9.17) is 0 Å². The zero-order valence-electron chi connectivity index (χ0n) is 12.0. The first kappa shape index (κ1) is 13.3. The van der Waals surface area contributed by atoms with E-state index in [9.17, 15) is 0 Å². The van der Waals surface area contributed by atoms with Crippen molar-refractivity contribution in [3.63, 3.8) is 0 Å². The van der Waals surface area contributed by atoms with Crippen LogP contribution in [0.5, 0.6) is 0 Å². The van der Waals surface area contributed by atoms with Gasteiger partial charge in [-0.25, -0.2) is 0 Å². The third kappa shape index (κ3) is 3.22. The summed E-state index contributed by atoms with van der Waals surface area (Å²) >= 11 is 0. The summed E-state index contributed by atoms with van der Waals surface area (Å²) in [5, 5.41) is 0. The summed E-state index contributed by atoms with van der Waals surface area (Å²) in [6.07, 6.45) is 1.94. The van der Waals surface area contributed by atoms with E-state index in [-0.39, 0.29) is 0 Å². The summed E-state index contributed by atoms with van der Waals surface area (Å²) in [4.78, 5) is 6.72. The highest BCUT2D eigenvalue weighted by atomic mass is 15.1. The topological polar surface area (TPSA) is 15.6 Å². The molecule has 2 aromatic carbocycles. The summed E-state index contributed by atoms with van der Waals surface area (Å²) in [7, 11) is 4.08. The highest BCUT2D eigenvalue weighted by Crippen LogP contribution is 2.24. The van der Waals surface area contributed by atoms with Crippen molar-refractivity contribution in [2.75, 3.05) is 19.0 Å². The van der Waals surface area contributed by atoms with Crippen molar-refractivity contribution in [1.29, 1.82) is 0 Å². The summed E-state index contributed by atoms with van der Waals surface area (Å²) in [5.74, 6) is 0. The van der Waals surface area contributed by atoms with Gasteiger partial charge in [-0.05, 0) is 42.7 Å². The molecular weight excluding hydrogens is 232 g/mol. The first-order chi connectivity index (χ1) is 9.08. The minimum atomic E-state index is 1.02. The van der Waals surface area contributed by atoms with E-state index in [1.54, 1.807) is 0 Å². The molecule has 0 saturated carbocycles. The van der Waals surface area contributed by atoms with E-state index in [1.807, 2.05) is 32.4 Å². The Morgan fingerprint density at radius 2 is 1.68 bits per heavy atom. The van der Waals surface area contributed by atoms with E-state index in [2.05, 4.69) is 54.1 Å². The molecule has 2 aromatic rings. The number of nitrogens with zero attached hydrogens (tertiary/aromatic N) is 2. The van der Waals surface area contributed by atoms with Crippen LogP contribution in [0.4, 0.5) is 11.4 Å².